The molecule has 0 aromatic carbocycles. The second-order valence-electron chi connectivity index (χ2n) is 5.28. The van der Waals surface area contributed by atoms with Crippen molar-refractivity contribution in [1.29, 1.82) is 0 Å². The number of aromatic nitrogens is 1. The number of hydrogen-bond acceptors (Lipinski definition) is 5. The van der Waals surface area contributed by atoms with E-state index in [2.05, 4.69) is 4.98 Å². The number of nitrogens with zero attached hydrogens (tertiary/aromatic N) is 2. The Morgan fingerprint density at radius 1 is 1.53 bits per heavy atom. The third-order valence-electron chi connectivity index (χ3n) is 3.64. The van der Waals surface area contributed by atoms with E-state index in [1.54, 1.807) is 6.07 Å². The first-order valence-corrected chi connectivity index (χ1v) is 6.40. The molecule has 1 aromatic heterocycles. The minimum absolute atomic E-state index is 0.260. The number of amides is 1. The molecule has 1 aliphatic rings. The van der Waals surface area contributed by atoms with Gasteiger partial charge in [0, 0.05) is 13.6 Å². The molecule has 104 valence electrons. The van der Waals surface area contributed by atoms with E-state index in [0.717, 1.165) is 25.7 Å². The van der Waals surface area contributed by atoms with E-state index in [9.17, 15) is 9.90 Å². The molecule has 1 heterocycles. The normalized spacial score (nSPS) is 17.4. The molecule has 0 atom stereocenters. The van der Waals surface area contributed by atoms with Crippen LogP contribution in [0.2, 0.25) is 0 Å². The Morgan fingerprint density at radius 3 is 2.74 bits per heavy atom. The molecular formula is C13H20N4O2. The average Bonchev–Trinajstić information content (AvgIpc) is 2.75. The maximum atomic E-state index is 11.3. The van der Waals surface area contributed by atoms with Crippen LogP contribution < -0.4 is 16.4 Å². The molecule has 1 amide bonds. The van der Waals surface area contributed by atoms with Crippen molar-refractivity contribution in [3.63, 3.8) is 0 Å². The Kier molecular flexibility index (Phi) is 3.61. The lowest BCUT2D eigenvalue weighted by atomic mass is 10.0. The van der Waals surface area contributed by atoms with E-state index in [1.165, 1.54) is 6.20 Å². The van der Waals surface area contributed by atoms with Gasteiger partial charge in [-0.2, -0.15) is 0 Å². The number of likely N-dealkylation sites (N-methyl/N-ethyl adjacent to an activating group) is 1. The molecule has 0 unspecified atom stereocenters. The zero-order valence-corrected chi connectivity index (χ0v) is 11.1. The van der Waals surface area contributed by atoms with Crippen LogP contribution in [0.5, 0.6) is 0 Å². The van der Waals surface area contributed by atoms with Crippen LogP contribution in [0, 0.1) is 0 Å². The van der Waals surface area contributed by atoms with Crippen molar-refractivity contribution in [2.24, 2.45) is 5.73 Å². The van der Waals surface area contributed by atoms with Gasteiger partial charge < -0.3 is 21.5 Å². The van der Waals surface area contributed by atoms with E-state index in [4.69, 9.17) is 11.5 Å². The van der Waals surface area contributed by atoms with Gasteiger partial charge in [-0.25, -0.2) is 4.98 Å². The molecule has 1 aromatic rings. The predicted octanol–water partition coefficient (Wildman–Crippen LogP) is 0.504. The summed E-state index contributed by atoms with van der Waals surface area (Å²) in [6.45, 7) is 0.488. The maximum Gasteiger partial charge on any atom is 0.250 e. The molecule has 6 nitrogen and oxygen atoms in total. The molecule has 1 aliphatic carbocycles. The van der Waals surface area contributed by atoms with Gasteiger partial charge in [-0.3, -0.25) is 4.79 Å². The first-order valence-electron chi connectivity index (χ1n) is 6.40. The van der Waals surface area contributed by atoms with Gasteiger partial charge in [-0.1, -0.05) is 12.8 Å². The zero-order valence-electron chi connectivity index (χ0n) is 11.1. The van der Waals surface area contributed by atoms with Gasteiger partial charge in [0.25, 0.3) is 5.91 Å². The largest absolute Gasteiger partial charge is 0.397 e. The Balaban J connectivity index is 2.17. The molecule has 5 N–H and O–H groups in total. The number of aliphatic hydroxyl groups is 1. The molecule has 6 heteroatoms. The summed E-state index contributed by atoms with van der Waals surface area (Å²) in [6, 6.07) is 1.57. The second-order valence-corrected chi connectivity index (χ2v) is 5.28. The number of rotatable bonds is 4. The minimum Gasteiger partial charge on any atom is -0.397 e. The van der Waals surface area contributed by atoms with Crippen LogP contribution in [-0.4, -0.2) is 35.2 Å². The summed E-state index contributed by atoms with van der Waals surface area (Å²) in [5.74, 6) is 0.0115. The summed E-state index contributed by atoms with van der Waals surface area (Å²) < 4.78 is 0. The summed E-state index contributed by atoms with van der Waals surface area (Å²) in [5.41, 5.74) is 10.8. The standard InChI is InChI=1S/C13H20N4O2/c1-17(8-13(19)4-2-3-5-13)11-6-9(12(15)18)10(14)7-16-11/h6-7,19H,2-5,8,14H2,1H3,(H2,15,18). The molecule has 0 saturated heterocycles. The van der Waals surface area contributed by atoms with Crippen LogP contribution in [0.15, 0.2) is 12.3 Å². The van der Waals surface area contributed by atoms with E-state index in [-0.39, 0.29) is 11.3 Å². The fourth-order valence-electron chi connectivity index (χ4n) is 2.59. The Hall–Kier alpha value is -1.82. The molecule has 2 rings (SSSR count). The van der Waals surface area contributed by atoms with Crippen molar-refractivity contribution < 1.29 is 9.90 Å². The molecule has 1 fully saturated rings. The van der Waals surface area contributed by atoms with Gasteiger partial charge in [-0.15, -0.1) is 0 Å². The lowest BCUT2D eigenvalue weighted by Crippen LogP contribution is -2.39. The second kappa shape index (κ2) is 5.05. The smallest absolute Gasteiger partial charge is 0.250 e. The van der Waals surface area contributed by atoms with E-state index in [0.29, 0.717) is 12.4 Å². The zero-order chi connectivity index (χ0) is 14.0. The number of nitrogens with two attached hydrogens (primary N) is 2. The SMILES string of the molecule is CN(CC1(O)CCCC1)c1cc(C(N)=O)c(N)cn1. The van der Waals surface area contributed by atoms with Crippen molar-refractivity contribution in [2.45, 2.75) is 31.3 Å². The molecular weight excluding hydrogens is 244 g/mol. The molecule has 1 saturated carbocycles. The lowest BCUT2D eigenvalue weighted by Gasteiger charge is -2.29. The number of hydrogen-bond donors (Lipinski definition) is 3. The highest BCUT2D eigenvalue weighted by Crippen LogP contribution is 2.31. The van der Waals surface area contributed by atoms with Crippen molar-refractivity contribution in [3.8, 4) is 0 Å². The average molecular weight is 264 g/mol. The fourth-order valence-corrected chi connectivity index (χ4v) is 2.59. The van der Waals surface area contributed by atoms with Gasteiger partial charge in [0.2, 0.25) is 0 Å². The highest BCUT2D eigenvalue weighted by Gasteiger charge is 2.32. The van der Waals surface area contributed by atoms with Crippen LogP contribution in [0.1, 0.15) is 36.0 Å². The summed E-state index contributed by atoms with van der Waals surface area (Å²) in [7, 11) is 1.83. The fraction of sp³-hybridized carbons (Fsp3) is 0.538. The summed E-state index contributed by atoms with van der Waals surface area (Å²) in [6.07, 6.45) is 5.12. The quantitative estimate of drug-likeness (QED) is 0.734. The maximum absolute atomic E-state index is 11.3. The Labute approximate surface area is 112 Å². The first-order chi connectivity index (χ1) is 8.91. The molecule has 0 bridgehead atoms. The number of nitrogen functional groups attached to an aromatic ring is 1. The Bertz CT molecular complexity index is 484. The summed E-state index contributed by atoms with van der Waals surface area (Å²) in [5, 5.41) is 10.4. The number of primary amides is 1. The van der Waals surface area contributed by atoms with Crippen LogP contribution in [-0.2, 0) is 0 Å². The number of carbonyl (C=O) groups is 1. The van der Waals surface area contributed by atoms with Crippen molar-refractivity contribution in [3.05, 3.63) is 17.8 Å². The Morgan fingerprint density at radius 2 is 2.16 bits per heavy atom. The van der Waals surface area contributed by atoms with Crippen molar-refractivity contribution in [1.82, 2.24) is 4.98 Å². The minimum atomic E-state index is -0.662. The molecule has 0 aliphatic heterocycles. The van der Waals surface area contributed by atoms with Crippen molar-refractivity contribution in [2.75, 3.05) is 24.2 Å². The van der Waals surface area contributed by atoms with Gasteiger partial charge in [0.15, 0.2) is 0 Å². The number of carbonyl (C=O) groups excluding carboxylic acids is 1. The third kappa shape index (κ3) is 2.96. The third-order valence-corrected chi connectivity index (χ3v) is 3.64. The number of pyridine rings is 1. The predicted molar refractivity (Wildman–Crippen MR) is 73.9 cm³/mol. The van der Waals surface area contributed by atoms with Crippen molar-refractivity contribution >= 4 is 17.4 Å². The first kappa shape index (κ1) is 13.6. The summed E-state index contributed by atoms with van der Waals surface area (Å²) in [4.78, 5) is 17.3. The van der Waals surface area contributed by atoms with E-state index < -0.39 is 11.5 Å². The van der Waals surface area contributed by atoms with Gasteiger partial charge >= 0.3 is 0 Å². The van der Waals surface area contributed by atoms with Crippen LogP contribution in [0.25, 0.3) is 0 Å². The van der Waals surface area contributed by atoms with Gasteiger partial charge in [0.1, 0.15) is 5.82 Å². The lowest BCUT2D eigenvalue weighted by molar-refractivity contribution is 0.0558. The van der Waals surface area contributed by atoms with Crippen LogP contribution in [0.3, 0.4) is 0 Å². The number of anilines is 2. The highest BCUT2D eigenvalue weighted by atomic mass is 16.3. The molecule has 0 spiro atoms. The van der Waals surface area contributed by atoms with E-state index >= 15 is 0 Å². The highest BCUT2D eigenvalue weighted by molar-refractivity contribution is 5.98. The van der Waals surface area contributed by atoms with E-state index in [1.807, 2.05) is 11.9 Å². The molecule has 19 heavy (non-hydrogen) atoms. The molecule has 0 radical (unpaired) electrons. The van der Waals surface area contributed by atoms with Crippen LogP contribution >= 0.6 is 0 Å². The topological polar surface area (TPSA) is 105 Å². The summed E-state index contributed by atoms with van der Waals surface area (Å²) >= 11 is 0. The van der Waals surface area contributed by atoms with Gasteiger partial charge in [-0.05, 0) is 18.9 Å². The monoisotopic (exact) mass is 264 g/mol. The van der Waals surface area contributed by atoms with Crippen LogP contribution in [0.4, 0.5) is 11.5 Å². The van der Waals surface area contributed by atoms with Gasteiger partial charge in [0.05, 0.1) is 23.0 Å².